The van der Waals surface area contributed by atoms with Crippen molar-refractivity contribution in [3.63, 3.8) is 0 Å². The standard InChI is InChI=1S/C31H60O4/c1-6-29(31(33)35-26-20-14-16-22-28(4)5)23-17-11-9-7-8-10-12-18-24-30(32)34-25-19-13-15-21-27(2)3/h27-29H,6-26H2,1-5H3. The Morgan fingerprint density at radius 1 is 0.543 bits per heavy atom. The summed E-state index contributed by atoms with van der Waals surface area (Å²) in [7, 11) is 0. The summed E-state index contributed by atoms with van der Waals surface area (Å²) in [5.74, 6) is 1.59. The van der Waals surface area contributed by atoms with Gasteiger partial charge in [0.2, 0.25) is 0 Å². The van der Waals surface area contributed by atoms with Crippen LogP contribution in [0.3, 0.4) is 0 Å². The van der Waals surface area contributed by atoms with E-state index in [4.69, 9.17) is 9.47 Å². The molecule has 0 saturated heterocycles. The molecule has 0 aliphatic rings. The first-order chi connectivity index (χ1) is 16.9. The van der Waals surface area contributed by atoms with E-state index in [-0.39, 0.29) is 17.9 Å². The van der Waals surface area contributed by atoms with E-state index in [1.54, 1.807) is 0 Å². The molecule has 0 saturated carbocycles. The highest BCUT2D eigenvalue weighted by Crippen LogP contribution is 2.18. The zero-order valence-electron chi connectivity index (χ0n) is 24.2. The van der Waals surface area contributed by atoms with Crippen molar-refractivity contribution in [2.24, 2.45) is 17.8 Å². The van der Waals surface area contributed by atoms with Gasteiger partial charge in [-0.15, -0.1) is 0 Å². The molecule has 0 amide bonds. The molecular formula is C31H60O4. The van der Waals surface area contributed by atoms with Crippen molar-refractivity contribution < 1.29 is 19.1 Å². The first-order valence-corrected chi connectivity index (χ1v) is 15.2. The van der Waals surface area contributed by atoms with Gasteiger partial charge < -0.3 is 9.47 Å². The van der Waals surface area contributed by atoms with Gasteiger partial charge in [-0.05, 0) is 43.9 Å². The van der Waals surface area contributed by atoms with Gasteiger partial charge in [-0.2, -0.15) is 0 Å². The minimum atomic E-state index is -0.0241. The summed E-state index contributed by atoms with van der Waals surface area (Å²) in [6.07, 6.45) is 21.0. The number of hydrogen-bond acceptors (Lipinski definition) is 4. The molecule has 0 aromatic heterocycles. The molecule has 0 aliphatic carbocycles. The van der Waals surface area contributed by atoms with Gasteiger partial charge in [-0.3, -0.25) is 9.59 Å². The third-order valence-electron chi connectivity index (χ3n) is 6.87. The molecule has 0 aliphatic heterocycles. The summed E-state index contributed by atoms with van der Waals surface area (Å²) in [6, 6.07) is 0. The van der Waals surface area contributed by atoms with Gasteiger partial charge in [0.15, 0.2) is 0 Å². The van der Waals surface area contributed by atoms with Gasteiger partial charge in [0, 0.05) is 6.42 Å². The SMILES string of the molecule is CCC(CCCCCCCCCCC(=O)OCCCCCC(C)C)C(=O)OCCCCCC(C)C. The number of unbranched alkanes of at least 4 members (excludes halogenated alkanes) is 11. The Labute approximate surface area is 218 Å². The molecule has 0 bridgehead atoms. The van der Waals surface area contributed by atoms with Gasteiger partial charge in [0.25, 0.3) is 0 Å². The lowest BCUT2D eigenvalue weighted by atomic mass is 9.98. The number of ether oxygens (including phenoxy) is 2. The molecule has 0 radical (unpaired) electrons. The number of carbonyl (C=O) groups is 2. The Bertz CT molecular complexity index is 486. The summed E-state index contributed by atoms with van der Waals surface area (Å²) < 4.78 is 10.9. The Balaban J connectivity index is 3.49. The lowest BCUT2D eigenvalue weighted by Crippen LogP contribution is -2.17. The quantitative estimate of drug-likeness (QED) is 0.0932. The smallest absolute Gasteiger partial charge is 0.308 e. The highest BCUT2D eigenvalue weighted by molar-refractivity contribution is 5.72. The second-order valence-electron chi connectivity index (χ2n) is 11.3. The lowest BCUT2D eigenvalue weighted by Gasteiger charge is -2.14. The highest BCUT2D eigenvalue weighted by atomic mass is 16.5. The Hall–Kier alpha value is -1.06. The van der Waals surface area contributed by atoms with Crippen molar-refractivity contribution >= 4 is 11.9 Å². The Morgan fingerprint density at radius 3 is 1.49 bits per heavy atom. The monoisotopic (exact) mass is 496 g/mol. The van der Waals surface area contributed by atoms with E-state index in [1.165, 1.54) is 57.8 Å². The molecule has 208 valence electrons. The zero-order chi connectivity index (χ0) is 26.2. The van der Waals surface area contributed by atoms with E-state index in [0.717, 1.165) is 69.6 Å². The van der Waals surface area contributed by atoms with Crippen LogP contribution in [0.1, 0.15) is 157 Å². The van der Waals surface area contributed by atoms with E-state index in [1.807, 2.05) is 0 Å². The maximum absolute atomic E-state index is 12.3. The molecule has 35 heavy (non-hydrogen) atoms. The van der Waals surface area contributed by atoms with Crippen LogP contribution in [0.25, 0.3) is 0 Å². The summed E-state index contributed by atoms with van der Waals surface area (Å²) in [5, 5.41) is 0. The Kier molecular flexibility index (Phi) is 23.9. The average molecular weight is 497 g/mol. The molecule has 0 aromatic carbocycles. The molecule has 0 N–H and O–H groups in total. The van der Waals surface area contributed by atoms with Crippen molar-refractivity contribution in [3.05, 3.63) is 0 Å². The fraction of sp³-hybridized carbons (Fsp3) is 0.935. The summed E-state index contributed by atoms with van der Waals surface area (Å²) in [5.41, 5.74) is 0. The molecule has 4 nitrogen and oxygen atoms in total. The van der Waals surface area contributed by atoms with Crippen LogP contribution < -0.4 is 0 Å². The molecule has 0 aromatic rings. The fourth-order valence-corrected chi connectivity index (χ4v) is 4.42. The third kappa shape index (κ3) is 24.4. The number of hydrogen-bond donors (Lipinski definition) is 0. The topological polar surface area (TPSA) is 52.6 Å². The van der Waals surface area contributed by atoms with Crippen molar-refractivity contribution in [3.8, 4) is 0 Å². The predicted octanol–water partition coefficient (Wildman–Crippen LogP) is 9.43. The molecule has 1 atom stereocenters. The maximum atomic E-state index is 12.3. The van der Waals surface area contributed by atoms with Crippen LogP contribution in [0.4, 0.5) is 0 Å². The van der Waals surface area contributed by atoms with Gasteiger partial charge in [0.1, 0.15) is 0 Å². The van der Waals surface area contributed by atoms with Crippen LogP contribution in [0, 0.1) is 17.8 Å². The minimum Gasteiger partial charge on any atom is -0.466 e. The second kappa shape index (κ2) is 24.6. The van der Waals surface area contributed by atoms with E-state index >= 15 is 0 Å². The van der Waals surface area contributed by atoms with E-state index in [0.29, 0.717) is 19.6 Å². The number of carbonyl (C=O) groups excluding carboxylic acids is 2. The highest BCUT2D eigenvalue weighted by Gasteiger charge is 2.17. The average Bonchev–Trinajstić information content (AvgIpc) is 2.81. The molecule has 4 heteroatoms. The molecular weight excluding hydrogens is 436 g/mol. The van der Waals surface area contributed by atoms with Crippen molar-refractivity contribution in [1.82, 2.24) is 0 Å². The van der Waals surface area contributed by atoms with Gasteiger partial charge in [0.05, 0.1) is 19.1 Å². The third-order valence-corrected chi connectivity index (χ3v) is 6.87. The fourth-order valence-electron chi connectivity index (χ4n) is 4.42. The normalized spacial score (nSPS) is 12.3. The van der Waals surface area contributed by atoms with E-state index in [9.17, 15) is 9.59 Å². The molecule has 1 unspecified atom stereocenters. The molecule has 0 heterocycles. The largest absolute Gasteiger partial charge is 0.466 e. The first-order valence-electron chi connectivity index (χ1n) is 15.2. The van der Waals surface area contributed by atoms with Crippen LogP contribution in [0.2, 0.25) is 0 Å². The number of rotatable bonds is 25. The van der Waals surface area contributed by atoms with E-state index in [2.05, 4.69) is 34.6 Å². The van der Waals surface area contributed by atoms with E-state index < -0.39 is 0 Å². The maximum Gasteiger partial charge on any atom is 0.308 e. The molecule has 0 spiro atoms. The summed E-state index contributed by atoms with van der Waals surface area (Å²) in [6.45, 7) is 12.3. The Morgan fingerprint density at radius 2 is 0.971 bits per heavy atom. The van der Waals surface area contributed by atoms with Crippen molar-refractivity contribution in [2.75, 3.05) is 13.2 Å². The lowest BCUT2D eigenvalue weighted by molar-refractivity contribution is -0.149. The molecule has 0 rings (SSSR count). The van der Waals surface area contributed by atoms with Crippen LogP contribution in [0.15, 0.2) is 0 Å². The second-order valence-corrected chi connectivity index (χ2v) is 11.3. The van der Waals surface area contributed by atoms with Gasteiger partial charge in [-0.25, -0.2) is 0 Å². The zero-order valence-corrected chi connectivity index (χ0v) is 24.2. The van der Waals surface area contributed by atoms with Gasteiger partial charge >= 0.3 is 11.9 Å². The minimum absolute atomic E-state index is 0.0148. The summed E-state index contributed by atoms with van der Waals surface area (Å²) in [4.78, 5) is 24.1. The van der Waals surface area contributed by atoms with Crippen LogP contribution in [-0.2, 0) is 19.1 Å². The van der Waals surface area contributed by atoms with Crippen molar-refractivity contribution in [1.29, 1.82) is 0 Å². The predicted molar refractivity (Wildman–Crippen MR) is 148 cm³/mol. The van der Waals surface area contributed by atoms with Crippen molar-refractivity contribution in [2.45, 2.75) is 157 Å². The summed E-state index contributed by atoms with van der Waals surface area (Å²) >= 11 is 0. The first kappa shape index (κ1) is 33.9. The van der Waals surface area contributed by atoms with Gasteiger partial charge in [-0.1, -0.05) is 118 Å². The van der Waals surface area contributed by atoms with Crippen LogP contribution >= 0.6 is 0 Å². The van der Waals surface area contributed by atoms with Crippen LogP contribution in [-0.4, -0.2) is 25.2 Å². The number of esters is 2. The van der Waals surface area contributed by atoms with Crippen LogP contribution in [0.5, 0.6) is 0 Å². The molecule has 0 fully saturated rings.